The summed E-state index contributed by atoms with van der Waals surface area (Å²) >= 11 is 0. The molecule has 28 heavy (non-hydrogen) atoms. The predicted molar refractivity (Wildman–Crippen MR) is 88.7 cm³/mol. The predicted octanol–water partition coefficient (Wildman–Crippen LogP) is 6.25. The zero-order valence-corrected chi connectivity index (χ0v) is 18.8. The molecule has 1 rings (SSSR count). The Morgan fingerprint density at radius 1 is 0.643 bits per heavy atom. The van der Waals surface area contributed by atoms with Crippen LogP contribution in [-0.4, -0.2) is 20.8 Å². The van der Waals surface area contributed by atoms with Crippen LogP contribution in [-0.2, 0) is 25.9 Å². The van der Waals surface area contributed by atoms with Crippen molar-refractivity contribution in [2.75, 3.05) is 0 Å². The molecule has 0 N–H and O–H groups in total. The van der Waals surface area contributed by atoms with E-state index in [1.54, 1.807) is 18.2 Å². The van der Waals surface area contributed by atoms with Gasteiger partial charge in [-0.2, -0.15) is 22.7 Å². The molecule has 1 saturated carbocycles. The topological polar surface area (TPSA) is 88.4 Å². The zero-order valence-electron chi connectivity index (χ0n) is 15.9. The van der Waals surface area contributed by atoms with Crippen LogP contribution in [0.15, 0.2) is 0 Å². The maximum Gasteiger partial charge on any atom is 2.00 e. The first-order chi connectivity index (χ1) is 12.2. The summed E-state index contributed by atoms with van der Waals surface area (Å²) in [6.07, 6.45) is 9.00. The third-order valence-corrected chi connectivity index (χ3v) is 1.25. The first-order valence-electron chi connectivity index (χ1n) is 7.12. The summed E-state index contributed by atoms with van der Waals surface area (Å²) in [6, 6.07) is 5.25. The van der Waals surface area contributed by atoms with E-state index < -0.39 is 14.5 Å². The molecule has 0 bridgehead atoms. The van der Waals surface area contributed by atoms with Crippen LogP contribution >= 0.6 is 0 Å². The third kappa shape index (κ3) is 1160. The van der Waals surface area contributed by atoms with Crippen molar-refractivity contribution < 1.29 is 60.4 Å². The van der Waals surface area contributed by atoms with Crippen molar-refractivity contribution >= 4 is 20.8 Å². The largest absolute Gasteiger partial charge is 2.00 e. The Labute approximate surface area is 175 Å². The Bertz CT molecular complexity index is 341. The second-order valence-electron chi connectivity index (χ2n) is 3.63. The maximum absolute atomic E-state index is 9.75. The molecule has 0 atom stereocenters. The van der Waals surface area contributed by atoms with Gasteiger partial charge in [0.05, 0.1) is 18.2 Å². The standard InChI is InChI=1S/C5H10.3C2H3N.C2H3O.2BF4.W/c1-2-4-5-3-1;4*1-2-3;2*2-1(3,4)5;/h1-5H2;4*1H3;;;/q;;;;3*-1;+2. The molecule has 0 aromatic rings. The molecule has 0 aromatic carbocycles. The molecule has 0 heterocycles. The summed E-state index contributed by atoms with van der Waals surface area (Å²) in [4.78, 5) is 8.68. The molecule has 164 valence electrons. The Morgan fingerprint density at radius 2 is 0.679 bits per heavy atom. The number of rotatable bonds is 0. The van der Waals surface area contributed by atoms with Crippen molar-refractivity contribution in [3.63, 3.8) is 0 Å². The summed E-state index contributed by atoms with van der Waals surface area (Å²) in [5, 5.41) is 22.0. The van der Waals surface area contributed by atoms with Gasteiger partial charge in [-0.15, -0.1) is 0 Å². The van der Waals surface area contributed by atoms with Crippen LogP contribution in [0.25, 0.3) is 0 Å². The summed E-state index contributed by atoms with van der Waals surface area (Å²) in [5.41, 5.74) is 0. The Balaban J connectivity index is -0.0000000372. The maximum atomic E-state index is 9.75. The molecular weight excluding hydrogens is 572 g/mol. The number of nitriles is 3. The van der Waals surface area contributed by atoms with Crippen LogP contribution in [0, 0.1) is 34.0 Å². The third-order valence-electron chi connectivity index (χ3n) is 1.25. The quantitative estimate of drug-likeness (QED) is 0.189. The smallest absolute Gasteiger partial charge is 0.542 e. The molecular formula is C13H22B2F8N3OW-. The molecule has 15 heteroatoms. The van der Waals surface area contributed by atoms with E-state index in [0.29, 0.717) is 0 Å². The summed E-state index contributed by atoms with van der Waals surface area (Å²) in [6.45, 7) is 5.61. The molecule has 0 aliphatic heterocycles. The Morgan fingerprint density at radius 3 is 0.714 bits per heavy atom. The number of halogens is 8. The zero-order chi connectivity index (χ0) is 23.4. The van der Waals surface area contributed by atoms with Gasteiger partial charge in [-0.1, -0.05) is 32.1 Å². The van der Waals surface area contributed by atoms with E-state index >= 15 is 0 Å². The number of nitrogens with zero attached hydrogens (tertiary/aromatic N) is 3. The van der Waals surface area contributed by atoms with Crippen LogP contribution in [0.5, 0.6) is 0 Å². The van der Waals surface area contributed by atoms with E-state index in [9.17, 15) is 34.5 Å². The number of hydrogen-bond donors (Lipinski definition) is 0. The summed E-state index contributed by atoms with van der Waals surface area (Å²) in [7, 11) is -12.0. The van der Waals surface area contributed by atoms with Gasteiger partial charge in [0.2, 0.25) is 0 Å². The SMILES string of the molecule is C1CCCC1.CC#N.CC#N.CC#N.C[C-]=O.F[B-](F)(F)F.F[B-](F)(F)F.[W+2]. The average molecular weight is 594 g/mol. The first kappa shape index (κ1) is 45.3. The second-order valence-corrected chi connectivity index (χ2v) is 3.63. The fourth-order valence-electron chi connectivity index (χ4n) is 0.884. The van der Waals surface area contributed by atoms with Gasteiger partial charge in [0, 0.05) is 20.8 Å². The monoisotopic (exact) mass is 594 g/mol. The van der Waals surface area contributed by atoms with Gasteiger partial charge in [0.1, 0.15) is 0 Å². The van der Waals surface area contributed by atoms with Crippen LogP contribution < -0.4 is 0 Å². The molecule has 4 nitrogen and oxygen atoms in total. The van der Waals surface area contributed by atoms with Gasteiger partial charge in [0.25, 0.3) is 0 Å². The first-order valence-corrected chi connectivity index (χ1v) is 7.12. The van der Waals surface area contributed by atoms with Gasteiger partial charge >= 0.3 is 35.6 Å². The van der Waals surface area contributed by atoms with Crippen molar-refractivity contribution in [2.24, 2.45) is 0 Å². The number of hydrogen-bond acceptors (Lipinski definition) is 4. The molecule has 1 aliphatic carbocycles. The average Bonchev–Trinajstić information content (AvgIpc) is 2.96. The minimum absolute atomic E-state index is 0. The Kier molecular flexibility index (Phi) is 64.9. The molecule has 1 fully saturated rings. The molecule has 0 saturated heterocycles. The van der Waals surface area contributed by atoms with E-state index in [-0.39, 0.29) is 21.1 Å². The van der Waals surface area contributed by atoms with Crippen molar-refractivity contribution in [3.05, 3.63) is 0 Å². The van der Waals surface area contributed by atoms with Crippen LogP contribution in [0.2, 0.25) is 0 Å². The van der Waals surface area contributed by atoms with Crippen molar-refractivity contribution in [3.8, 4) is 18.2 Å². The van der Waals surface area contributed by atoms with E-state index in [4.69, 9.17) is 20.6 Å². The van der Waals surface area contributed by atoms with Crippen LogP contribution in [0.4, 0.5) is 34.5 Å². The number of carbonyl (C=O) groups excluding carboxylic acids is 1. The molecule has 0 spiro atoms. The van der Waals surface area contributed by atoms with Crippen molar-refractivity contribution in [1.29, 1.82) is 15.8 Å². The normalized spacial score (nSPS) is 9.89. The van der Waals surface area contributed by atoms with Gasteiger partial charge in [-0.05, 0) is 0 Å². The molecule has 1 aliphatic rings. The summed E-state index contributed by atoms with van der Waals surface area (Å²) < 4.78 is 78.0. The van der Waals surface area contributed by atoms with E-state index in [1.165, 1.54) is 66.1 Å². The molecule has 0 amide bonds. The van der Waals surface area contributed by atoms with E-state index in [1.807, 2.05) is 0 Å². The van der Waals surface area contributed by atoms with E-state index in [0.717, 1.165) is 0 Å². The van der Waals surface area contributed by atoms with Crippen LogP contribution in [0.3, 0.4) is 0 Å². The minimum Gasteiger partial charge on any atom is -0.542 e. The molecule has 0 aromatic heterocycles. The molecule has 0 unspecified atom stereocenters. The van der Waals surface area contributed by atoms with Crippen LogP contribution in [0.1, 0.15) is 59.8 Å². The fourth-order valence-corrected chi connectivity index (χ4v) is 0.884. The second kappa shape index (κ2) is 40.2. The minimum atomic E-state index is -6.00. The van der Waals surface area contributed by atoms with Crippen molar-refractivity contribution in [2.45, 2.75) is 59.8 Å². The van der Waals surface area contributed by atoms with Gasteiger partial charge < -0.3 is 39.3 Å². The Hall–Kier alpha value is -1.60. The van der Waals surface area contributed by atoms with Gasteiger partial charge in [-0.25, -0.2) is 0 Å². The van der Waals surface area contributed by atoms with E-state index in [2.05, 4.69) is 0 Å². The molecule has 0 radical (unpaired) electrons. The van der Waals surface area contributed by atoms with Crippen molar-refractivity contribution in [1.82, 2.24) is 0 Å². The fraction of sp³-hybridized carbons (Fsp3) is 0.692. The van der Waals surface area contributed by atoms with Gasteiger partial charge in [-0.3, -0.25) is 6.29 Å². The summed E-state index contributed by atoms with van der Waals surface area (Å²) in [5.74, 6) is 0. The van der Waals surface area contributed by atoms with Gasteiger partial charge in [0.15, 0.2) is 0 Å².